The number of benzene rings is 1. The monoisotopic (exact) mass is 221 g/mol. The van der Waals surface area contributed by atoms with E-state index in [0.717, 1.165) is 18.4 Å². The minimum atomic E-state index is -0.0441. The van der Waals surface area contributed by atoms with Crippen LogP contribution in [0.1, 0.15) is 18.4 Å². The third-order valence-electron chi connectivity index (χ3n) is 2.24. The Morgan fingerprint density at radius 1 is 1.40 bits per heavy atom. The molecule has 78 valence electrons. The summed E-state index contributed by atoms with van der Waals surface area (Å²) in [5, 5.41) is 3.53. The van der Waals surface area contributed by atoms with Gasteiger partial charge in [0.2, 0.25) is 5.91 Å². The van der Waals surface area contributed by atoms with Gasteiger partial charge in [-0.05, 0) is 30.5 Å². The lowest BCUT2D eigenvalue weighted by Crippen LogP contribution is -2.22. The van der Waals surface area contributed by atoms with Crippen molar-refractivity contribution < 1.29 is 4.79 Å². The fourth-order valence-corrected chi connectivity index (χ4v) is 1.45. The summed E-state index contributed by atoms with van der Waals surface area (Å²) < 4.78 is 0. The van der Waals surface area contributed by atoms with E-state index in [1.807, 2.05) is 18.2 Å². The van der Waals surface area contributed by atoms with Crippen LogP contribution in [0.3, 0.4) is 0 Å². The van der Waals surface area contributed by atoms with Crippen molar-refractivity contribution >= 4 is 23.6 Å². The topological polar surface area (TPSA) is 29.1 Å². The van der Waals surface area contributed by atoms with E-state index in [-0.39, 0.29) is 5.91 Å². The van der Waals surface area contributed by atoms with Gasteiger partial charge in [-0.3, -0.25) is 4.79 Å². The van der Waals surface area contributed by atoms with E-state index in [2.05, 4.69) is 5.32 Å². The Bertz CT molecular complexity index is 396. The van der Waals surface area contributed by atoms with E-state index in [1.165, 1.54) is 6.08 Å². The van der Waals surface area contributed by atoms with Crippen molar-refractivity contribution in [1.82, 2.24) is 5.32 Å². The molecule has 0 aliphatic heterocycles. The maximum atomic E-state index is 11.3. The summed E-state index contributed by atoms with van der Waals surface area (Å²) >= 11 is 5.94. The highest BCUT2D eigenvalue weighted by atomic mass is 35.5. The van der Waals surface area contributed by atoms with Crippen molar-refractivity contribution in [1.29, 1.82) is 0 Å². The highest BCUT2D eigenvalue weighted by Gasteiger charge is 2.21. The average Bonchev–Trinajstić information content (AvgIpc) is 3.00. The first-order valence-electron chi connectivity index (χ1n) is 4.99. The summed E-state index contributed by atoms with van der Waals surface area (Å²) in [5.41, 5.74) is 0.866. The largest absolute Gasteiger partial charge is 0.350 e. The van der Waals surface area contributed by atoms with E-state index < -0.39 is 0 Å². The van der Waals surface area contributed by atoms with Gasteiger partial charge in [0.15, 0.2) is 0 Å². The second-order valence-electron chi connectivity index (χ2n) is 3.64. The van der Waals surface area contributed by atoms with Crippen molar-refractivity contribution in [2.75, 3.05) is 0 Å². The van der Waals surface area contributed by atoms with E-state index in [4.69, 9.17) is 11.6 Å². The first kappa shape index (κ1) is 10.2. The first-order valence-corrected chi connectivity index (χ1v) is 5.36. The van der Waals surface area contributed by atoms with Crippen molar-refractivity contribution in [2.24, 2.45) is 0 Å². The summed E-state index contributed by atoms with van der Waals surface area (Å²) in [6, 6.07) is 7.84. The van der Waals surface area contributed by atoms with Crippen molar-refractivity contribution in [3.8, 4) is 0 Å². The van der Waals surface area contributed by atoms with E-state index in [9.17, 15) is 4.79 Å². The second kappa shape index (κ2) is 4.49. The molecule has 1 aliphatic rings. The number of amides is 1. The Morgan fingerprint density at radius 2 is 2.13 bits per heavy atom. The zero-order chi connectivity index (χ0) is 10.7. The number of rotatable bonds is 3. The van der Waals surface area contributed by atoms with Crippen LogP contribution in [0, 0.1) is 0 Å². The number of carbonyl (C=O) groups is 1. The van der Waals surface area contributed by atoms with Crippen LogP contribution in [-0.2, 0) is 4.79 Å². The molecule has 0 radical (unpaired) electrons. The van der Waals surface area contributed by atoms with Crippen molar-refractivity contribution in [3.05, 3.63) is 40.9 Å². The molecule has 0 heterocycles. The van der Waals surface area contributed by atoms with E-state index >= 15 is 0 Å². The second-order valence-corrected chi connectivity index (χ2v) is 4.04. The zero-order valence-electron chi connectivity index (χ0n) is 8.24. The molecule has 0 unspecified atom stereocenters. The maximum absolute atomic E-state index is 11.3. The number of halogens is 1. The molecule has 1 fully saturated rings. The molecular formula is C12H12ClNO. The smallest absolute Gasteiger partial charge is 0.244 e. The van der Waals surface area contributed by atoms with E-state index in [0.29, 0.717) is 11.1 Å². The van der Waals surface area contributed by atoms with Gasteiger partial charge in [-0.15, -0.1) is 0 Å². The Hall–Kier alpha value is -1.28. The molecule has 2 nitrogen and oxygen atoms in total. The molecule has 0 aromatic heterocycles. The van der Waals surface area contributed by atoms with Gasteiger partial charge in [0, 0.05) is 17.1 Å². The average molecular weight is 222 g/mol. The number of hydrogen-bond acceptors (Lipinski definition) is 1. The predicted octanol–water partition coefficient (Wildman–Crippen LogP) is 2.63. The summed E-state index contributed by atoms with van der Waals surface area (Å²) in [6.45, 7) is 0. The Morgan fingerprint density at radius 3 is 2.80 bits per heavy atom. The van der Waals surface area contributed by atoms with Gasteiger partial charge in [-0.2, -0.15) is 0 Å². The molecule has 3 heteroatoms. The molecule has 1 amide bonds. The van der Waals surface area contributed by atoms with Gasteiger partial charge in [0.25, 0.3) is 0 Å². The third kappa shape index (κ3) is 3.10. The molecular weight excluding hydrogens is 210 g/mol. The molecule has 15 heavy (non-hydrogen) atoms. The van der Waals surface area contributed by atoms with Crippen molar-refractivity contribution in [3.63, 3.8) is 0 Å². The third-order valence-corrected chi connectivity index (χ3v) is 2.59. The number of carbonyl (C=O) groups excluding carboxylic acids is 1. The summed E-state index contributed by atoms with van der Waals surface area (Å²) in [7, 11) is 0. The minimum Gasteiger partial charge on any atom is -0.350 e. The molecule has 1 aromatic rings. The molecule has 0 spiro atoms. The highest BCUT2D eigenvalue weighted by Crippen LogP contribution is 2.19. The van der Waals surface area contributed by atoms with Gasteiger partial charge < -0.3 is 5.32 Å². The lowest BCUT2D eigenvalue weighted by atomic mass is 10.2. The first-order chi connectivity index (χ1) is 7.25. The normalized spacial score (nSPS) is 15.5. The van der Waals surface area contributed by atoms with Gasteiger partial charge in [0.1, 0.15) is 0 Å². The lowest BCUT2D eigenvalue weighted by molar-refractivity contribution is -0.116. The predicted molar refractivity (Wildman–Crippen MR) is 61.7 cm³/mol. The SMILES string of the molecule is O=C(/C=C/c1ccccc1Cl)NC1CC1. The minimum absolute atomic E-state index is 0.0441. The molecule has 2 rings (SSSR count). The van der Waals surface area contributed by atoms with E-state index in [1.54, 1.807) is 12.1 Å². The summed E-state index contributed by atoms with van der Waals surface area (Å²) in [6.07, 6.45) is 5.47. The lowest BCUT2D eigenvalue weighted by Gasteiger charge is -1.98. The molecule has 1 saturated carbocycles. The molecule has 0 bridgehead atoms. The van der Waals surface area contributed by atoms with Crippen LogP contribution >= 0.6 is 11.6 Å². The molecule has 0 saturated heterocycles. The Balaban J connectivity index is 1.97. The standard InChI is InChI=1S/C12H12ClNO/c13-11-4-2-1-3-9(11)5-8-12(15)14-10-6-7-10/h1-5,8,10H,6-7H2,(H,14,15)/b8-5+. The van der Waals surface area contributed by atoms with Crippen molar-refractivity contribution in [2.45, 2.75) is 18.9 Å². The summed E-state index contributed by atoms with van der Waals surface area (Å²) in [5.74, 6) is -0.0441. The molecule has 0 atom stereocenters. The van der Waals surface area contributed by atoms with Crippen LogP contribution in [0.25, 0.3) is 6.08 Å². The van der Waals surface area contributed by atoms with Gasteiger partial charge >= 0.3 is 0 Å². The van der Waals surface area contributed by atoms with Crippen LogP contribution in [0.5, 0.6) is 0 Å². The summed E-state index contributed by atoms with van der Waals surface area (Å²) in [4.78, 5) is 11.3. The van der Waals surface area contributed by atoms with Gasteiger partial charge in [-0.1, -0.05) is 29.8 Å². The number of nitrogens with one attached hydrogen (secondary N) is 1. The fourth-order valence-electron chi connectivity index (χ4n) is 1.25. The highest BCUT2D eigenvalue weighted by molar-refractivity contribution is 6.32. The van der Waals surface area contributed by atoms with Crippen LogP contribution < -0.4 is 5.32 Å². The molecule has 1 N–H and O–H groups in total. The van der Waals surface area contributed by atoms with Gasteiger partial charge in [0.05, 0.1) is 0 Å². The Kier molecular flexibility index (Phi) is 3.07. The quantitative estimate of drug-likeness (QED) is 0.782. The maximum Gasteiger partial charge on any atom is 0.244 e. The van der Waals surface area contributed by atoms with Gasteiger partial charge in [-0.25, -0.2) is 0 Å². The fraction of sp³-hybridized carbons (Fsp3) is 0.250. The van der Waals surface area contributed by atoms with Crippen LogP contribution in [-0.4, -0.2) is 11.9 Å². The Labute approximate surface area is 93.9 Å². The van der Waals surface area contributed by atoms with Crippen LogP contribution in [0.15, 0.2) is 30.3 Å². The van der Waals surface area contributed by atoms with Crippen LogP contribution in [0.2, 0.25) is 5.02 Å². The number of hydrogen-bond donors (Lipinski definition) is 1. The molecule has 1 aliphatic carbocycles. The molecule has 1 aromatic carbocycles. The zero-order valence-corrected chi connectivity index (χ0v) is 9.00. The van der Waals surface area contributed by atoms with Crippen LogP contribution in [0.4, 0.5) is 0 Å².